The van der Waals surface area contributed by atoms with E-state index in [1.54, 1.807) is 40.1 Å². The van der Waals surface area contributed by atoms with Gasteiger partial charge in [-0.1, -0.05) is 17.7 Å². The summed E-state index contributed by atoms with van der Waals surface area (Å²) in [5.41, 5.74) is 1.53. The molecule has 2 aromatic carbocycles. The first-order valence-electron chi connectivity index (χ1n) is 10.8. The lowest BCUT2D eigenvalue weighted by atomic mass is 10.0. The summed E-state index contributed by atoms with van der Waals surface area (Å²) in [4.78, 5) is 42.5. The summed E-state index contributed by atoms with van der Waals surface area (Å²) in [6, 6.07) is 11.3. The maximum Gasteiger partial charge on any atom is 0.270 e. The van der Waals surface area contributed by atoms with Crippen LogP contribution in [0.15, 0.2) is 42.5 Å². The molecule has 2 aliphatic rings. The molecule has 32 heavy (non-hydrogen) atoms. The van der Waals surface area contributed by atoms with E-state index in [-0.39, 0.29) is 17.5 Å². The van der Waals surface area contributed by atoms with Crippen molar-refractivity contribution in [2.24, 2.45) is 0 Å². The predicted molar refractivity (Wildman–Crippen MR) is 122 cm³/mol. The molecule has 0 aliphatic carbocycles. The largest absolute Gasteiger partial charge is 0.371 e. The average molecular weight is 457 g/mol. The fourth-order valence-corrected chi connectivity index (χ4v) is 4.50. The molecular weight excluding hydrogens is 432 g/mol. The molecule has 2 amide bonds. The van der Waals surface area contributed by atoms with Crippen LogP contribution in [-0.4, -0.2) is 65.8 Å². The fourth-order valence-electron chi connectivity index (χ4n) is 4.31. The number of halogens is 1. The van der Waals surface area contributed by atoms with Crippen molar-refractivity contribution in [1.82, 2.24) is 9.80 Å². The molecule has 0 atom stereocenters. The van der Waals surface area contributed by atoms with E-state index >= 15 is 0 Å². The van der Waals surface area contributed by atoms with Crippen molar-refractivity contribution in [1.29, 1.82) is 0 Å². The van der Waals surface area contributed by atoms with E-state index in [1.165, 1.54) is 12.1 Å². The second-order valence-corrected chi connectivity index (χ2v) is 8.54. The van der Waals surface area contributed by atoms with E-state index in [0.717, 1.165) is 38.0 Å². The molecule has 0 saturated carbocycles. The second-order valence-electron chi connectivity index (χ2n) is 8.10. The van der Waals surface area contributed by atoms with Gasteiger partial charge in [-0.25, -0.2) is 0 Å². The van der Waals surface area contributed by atoms with Crippen LogP contribution < -0.4 is 4.90 Å². The lowest BCUT2D eigenvalue weighted by Gasteiger charge is -2.36. The van der Waals surface area contributed by atoms with Crippen molar-refractivity contribution in [2.45, 2.75) is 19.3 Å². The maximum absolute atomic E-state index is 13.4. The molecule has 4 rings (SSSR count). The molecule has 2 aromatic rings. The van der Waals surface area contributed by atoms with E-state index in [4.69, 9.17) is 11.6 Å². The predicted octanol–water partition coefficient (Wildman–Crippen LogP) is 3.84. The van der Waals surface area contributed by atoms with E-state index in [1.807, 2.05) is 0 Å². The van der Waals surface area contributed by atoms with Crippen LogP contribution in [0.25, 0.3) is 0 Å². The first-order valence-corrected chi connectivity index (χ1v) is 11.2. The monoisotopic (exact) mass is 456 g/mol. The zero-order chi connectivity index (χ0) is 22.7. The molecule has 9 heteroatoms. The number of amides is 2. The molecule has 2 aliphatic heterocycles. The van der Waals surface area contributed by atoms with Crippen LogP contribution in [-0.2, 0) is 0 Å². The fraction of sp³-hybridized carbons (Fsp3) is 0.391. The van der Waals surface area contributed by atoms with Crippen LogP contribution in [0, 0.1) is 10.1 Å². The van der Waals surface area contributed by atoms with Gasteiger partial charge in [0.2, 0.25) is 0 Å². The van der Waals surface area contributed by atoms with E-state index in [0.29, 0.717) is 42.3 Å². The summed E-state index contributed by atoms with van der Waals surface area (Å²) < 4.78 is 0. The smallest absolute Gasteiger partial charge is 0.270 e. The molecule has 8 nitrogen and oxygen atoms in total. The highest BCUT2D eigenvalue weighted by atomic mass is 35.5. The molecular formula is C23H25ClN4O4. The summed E-state index contributed by atoms with van der Waals surface area (Å²) >= 11 is 6.00. The minimum atomic E-state index is -0.474. The van der Waals surface area contributed by atoms with Gasteiger partial charge >= 0.3 is 0 Å². The first kappa shape index (κ1) is 22.1. The summed E-state index contributed by atoms with van der Waals surface area (Å²) in [7, 11) is 0. The van der Waals surface area contributed by atoms with Crippen molar-refractivity contribution < 1.29 is 14.5 Å². The van der Waals surface area contributed by atoms with Crippen LogP contribution >= 0.6 is 11.6 Å². The highest BCUT2D eigenvalue weighted by Crippen LogP contribution is 2.29. The number of anilines is 1. The van der Waals surface area contributed by atoms with Gasteiger partial charge in [-0.2, -0.15) is 0 Å². The Morgan fingerprint density at radius 1 is 0.844 bits per heavy atom. The molecule has 0 radical (unpaired) electrons. The molecule has 0 aromatic heterocycles. The standard InChI is InChI=1S/C23H25ClN4O4/c24-18-6-4-5-17(15-18)22(29)26-11-13-27(14-12-26)23(30)20-16-19(28(31)32)7-8-21(20)25-9-2-1-3-10-25/h4-8,15-16H,1-3,9-14H2. The number of non-ortho nitro benzene ring substituents is 1. The van der Waals surface area contributed by atoms with Crippen LogP contribution in [0.1, 0.15) is 40.0 Å². The number of nitrogens with zero attached hydrogens (tertiary/aromatic N) is 4. The highest BCUT2D eigenvalue weighted by Gasteiger charge is 2.29. The van der Waals surface area contributed by atoms with Crippen LogP contribution in [0.5, 0.6) is 0 Å². The van der Waals surface area contributed by atoms with Crippen LogP contribution in [0.4, 0.5) is 11.4 Å². The van der Waals surface area contributed by atoms with Crippen molar-refractivity contribution >= 4 is 34.8 Å². The van der Waals surface area contributed by atoms with Gasteiger partial charge in [0.25, 0.3) is 17.5 Å². The second kappa shape index (κ2) is 9.56. The Morgan fingerprint density at radius 2 is 1.50 bits per heavy atom. The van der Waals surface area contributed by atoms with Gasteiger partial charge in [0.15, 0.2) is 0 Å². The van der Waals surface area contributed by atoms with Gasteiger partial charge in [0.05, 0.1) is 16.2 Å². The van der Waals surface area contributed by atoms with Crippen molar-refractivity contribution in [2.75, 3.05) is 44.2 Å². The van der Waals surface area contributed by atoms with Crippen molar-refractivity contribution in [3.8, 4) is 0 Å². The SMILES string of the molecule is O=C(c1cccc(Cl)c1)N1CCN(C(=O)c2cc([N+](=O)[O-])ccc2N2CCCCC2)CC1. The molecule has 168 valence electrons. The number of carbonyl (C=O) groups is 2. The van der Waals surface area contributed by atoms with Gasteiger partial charge in [0.1, 0.15) is 0 Å². The number of piperazine rings is 1. The number of benzene rings is 2. The third-order valence-electron chi connectivity index (χ3n) is 6.04. The zero-order valence-electron chi connectivity index (χ0n) is 17.7. The normalized spacial score (nSPS) is 16.7. The number of nitro groups is 1. The number of carbonyl (C=O) groups excluding carboxylic acids is 2. The Balaban J connectivity index is 1.50. The van der Waals surface area contributed by atoms with Gasteiger partial charge in [-0.05, 0) is 43.5 Å². The van der Waals surface area contributed by atoms with E-state index < -0.39 is 4.92 Å². The summed E-state index contributed by atoms with van der Waals surface area (Å²) in [5, 5.41) is 11.8. The number of nitro benzene ring substituents is 1. The Labute approximate surface area is 191 Å². The maximum atomic E-state index is 13.4. The zero-order valence-corrected chi connectivity index (χ0v) is 18.5. The van der Waals surface area contributed by atoms with Gasteiger partial charge in [-0.15, -0.1) is 0 Å². The number of hydrogen-bond donors (Lipinski definition) is 0. The van der Waals surface area contributed by atoms with Crippen molar-refractivity contribution in [3.63, 3.8) is 0 Å². The Kier molecular flexibility index (Phi) is 6.60. The lowest BCUT2D eigenvalue weighted by Crippen LogP contribution is -2.50. The topological polar surface area (TPSA) is 87.0 Å². The minimum absolute atomic E-state index is 0.0936. The Bertz CT molecular complexity index is 1030. The Morgan fingerprint density at radius 3 is 2.12 bits per heavy atom. The molecule has 0 N–H and O–H groups in total. The Hall–Kier alpha value is -3.13. The summed E-state index contributed by atoms with van der Waals surface area (Å²) in [5.74, 6) is -0.354. The molecule has 0 bridgehead atoms. The molecule has 0 spiro atoms. The quantitative estimate of drug-likeness (QED) is 0.515. The van der Waals surface area contributed by atoms with Gasteiger partial charge < -0.3 is 14.7 Å². The van der Waals surface area contributed by atoms with Crippen LogP contribution in [0.3, 0.4) is 0 Å². The molecule has 2 fully saturated rings. The third kappa shape index (κ3) is 4.70. The summed E-state index contributed by atoms with van der Waals surface area (Å²) in [6.45, 7) is 3.19. The first-order chi connectivity index (χ1) is 15.4. The van der Waals surface area contributed by atoms with Gasteiger partial charge in [-0.3, -0.25) is 19.7 Å². The van der Waals surface area contributed by atoms with Crippen molar-refractivity contribution in [3.05, 3.63) is 68.7 Å². The van der Waals surface area contributed by atoms with E-state index in [9.17, 15) is 19.7 Å². The molecule has 2 saturated heterocycles. The highest BCUT2D eigenvalue weighted by molar-refractivity contribution is 6.30. The average Bonchev–Trinajstić information content (AvgIpc) is 2.83. The number of piperidine rings is 1. The number of rotatable bonds is 4. The van der Waals surface area contributed by atoms with Crippen LogP contribution in [0.2, 0.25) is 5.02 Å². The third-order valence-corrected chi connectivity index (χ3v) is 6.28. The number of hydrogen-bond acceptors (Lipinski definition) is 5. The molecule has 2 heterocycles. The van der Waals surface area contributed by atoms with Gasteiger partial charge in [0, 0.05) is 62.0 Å². The molecule has 0 unspecified atom stereocenters. The van der Waals surface area contributed by atoms with E-state index in [2.05, 4.69) is 4.90 Å². The summed E-state index contributed by atoms with van der Waals surface area (Å²) in [6.07, 6.45) is 3.22. The minimum Gasteiger partial charge on any atom is -0.371 e. The lowest BCUT2D eigenvalue weighted by molar-refractivity contribution is -0.384.